The maximum Gasteiger partial charge on any atom is 0.326 e. The summed E-state index contributed by atoms with van der Waals surface area (Å²) in [6, 6.07) is 5.44. The third kappa shape index (κ3) is 4.27. The molecule has 0 saturated carbocycles. The molecule has 0 bridgehead atoms. The number of carboxylic acids is 1. The van der Waals surface area contributed by atoms with E-state index in [-0.39, 0.29) is 16.0 Å². The van der Waals surface area contributed by atoms with Gasteiger partial charge in [0.15, 0.2) is 0 Å². The van der Waals surface area contributed by atoms with E-state index in [1.807, 2.05) is 6.26 Å². The van der Waals surface area contributed by atoms with Crippen LogP contribution in [0.2, 0.25) is 0 Å². The third-order valence-electron chi connectivity index (χ3n) is 3.21. The van der Waals surface area contributed by atoms with Crippen molar-refractivity contribution >= 4 is 58.0 Å². The van der Waals surface area contributed by atoms with Gasteiger partial charge in [-0.3, -0.25) is 9.69 Å². The second-order valence-electron chi connectivity index (χ2n) is 4.78. The summed E-state index contributed by atoms with van der Waals surface area (Å²) in [5.74, 6) is -0.675. The monoisotopic (exact) mass is 369 g/mol. The molecule has 1 heterocycles. The number of carbonyl (C=O) groups excluding carboxylic acids is 1. The van der Waals surface area contributed by atoms with Crippen molar-refractivity contribution in [1.29, 1.82) is 0 Å². The van der Waals surface area contributed by atoms with Crippen molar-refractivity contribution < 1.29 is 19.8 Å². The summed E-state index contributed by atoms with van der Waals surface area (Å²) in [6.07, 6.45) is 3.87. The number of carbonyl (C=O) groups is 2. The van der Waals surface area contributed by atoms with E-state index < -0.39 is 12.0 Å². The number of nitrogens with zero attached hydrogens (tertiary/aromatic N) is 1. The molecule has 0 spiro atoms. The molecule has 1 unspecified atom stereocenters. The maximum atomic E-state index is 12.5. The molecule has 23 heavy (non-hydrogen) atoms. The first-order valence-electron chi connectivity index (χ1n) is 6.72. The van der Waals surface area contributed by atoms with Crippen LogP contribution in [0.3, 0.4) is 0 Å². The lowest BCUT2D eigenvalue weighted by Crippen LogP contribution is -2.44. The number of aliphatic carboxylic acids is 1. The predicted molar refractivity (Wildman–Crippen MR) is 97.5 cm³/mol. The molecule has 0 aromatic heterocycles. The van der Waals surface area contributed by atoms with Gasteiger partial charge >= 0.3 is 5.97 Å². The number of thiocarbonyl (C=S) groups is 1. The first-order chi connectivity index (χ1) is 10.9. The zero-order chi connectivity index (χ0) is 17.0. The van der Waals surface area contributed by atoms with Gasteiger partial charge in [-0.2, -0.15) is 11.8 Å². The minimum Gasteiger partial charge on any atom is -0.508 e. The molecule has 1 aliphatic rings. The second-order valence-corrected chi connectivity index (χ2v) is 7.44. The van der Waals surface area contributed by atoms with Gasteiger partial charge in [-0.15, -0.1) is 0 Å². The number of thioether (sulfide) groups is 2. The van der Waals surface area contributed by atoms with Gasteiger partial charge in [0.25, 0.3) is 5.91 Å². The van der Waals surface area contributed by atoms with Crippen LogP contribution in [0.25, 0.3) is 6.08 Å². The van der Waals surface area contributed by atoms with E-state index >= 15 is 0 Å². The molecule has 122 valence electrons. The number of phenols is 1. The topological polar surface area (TPSA) is 77.8 Å². The lowest BCUT2D eigenvalue weighted by atomic mass is 10.1. The molecule has 1 saturated heterocycles. The summed E-state index contributed by atoms with van der Waals surface area (Å²) in [7, 11) is 0. The minimum atomic E-state index is -1.05. The van der Waals surface area contributed by atoms with Crippen LogP contribution >= 0.6 is 35.7 Å². The van der Waals surface area contributed by atoms with Crippen LogP contribution in [0.15, 0.2) is 29.2 Å². The molecule has 1 aliphatic heterocycles. The molecule has 0 aliphatic carbocycles. The molecule has 1 aromatic carbocycles. The smallest absolute Gasteiger partial charge is 0.326 e. The second kappa shape index (κ2) is 7.85. The van der Waals surface area contributed by atoms with Gasteiger partial charge in [0.05, 0.1) is 4.91 Å². The Bertz CT molecular complexity index is 657. The van der Waals surface area contributed by atoms with E-state index in [9.17, 15) is 19.8 Å². The average molecular weight is 369 g/mol. The van der Waals surface area contributed by atoms with E-state index in [4.69, 9.17) is 12.2 Å². The average Bonchev–Trinajstić information content (AvgIpc) is 2.77. The highest BCUT2D eigenvalue weighted by molar-refractivity contribution is 8.26. The molecule has 5 nitrogen and oxygen atoms in total. The van der Waals surface area contributed by atoms with Crippen LogP contribution in [0.1, 0.15) is 12.0 Å². The number of rotatable bonds is 6. The van der Waals surface area contributed by atoms with Gasteiger partial charge < -0.3 is 10.2 Å². The fourth-order valence-electron chi connectivity index (χ4n) is 2.06. The molecule has 1 atom stereocenters. The SMILES string of the molecule is CSCCC(C(=O)O)N1C(=O)C(=Cc2ccc(O)cc2)SC1=S. The number of amides is 1. The Balaban J connectivity index is 2.24. The number of carboxylic acid groups (broad SMARTS) is 1. The Morgan fingerprint density at radius 1 is 1.43 bits per heavy atom. The summed E-state index contributed by atoms with van der Waals surface area (Å²) in [6.45, 7) is 0. The standard InChI is InChI=1S/C15H15NO4S3/c1-22-7-6-11(14(19)20)16-13(18)12(23-15(16)21)8-9-2-4-10(17)5-3-9/h2-5,8,11,17H,6-7H2,1H3,(H,19,20). The first-order valence-corrected chi connectivity index (χ1v) is 9.33. The number of benzene rings is 1. The quantitative estimate of drug-likeness (QED) is 0.590. The molecule has 8 heteroatoms. The van der Waals surface area contributed by atoms with E-state index in [1.165, 1.54) is 28.8 Å². The van der Waals surface area contributed by atoms with Crippen molar-refractivity contribution in [3.8, 4) is 5.75 Å². The van der Waals surface area contributed by atoms with Gasteiger partial charge in [-0.25, -0.2) is 4.79 Å². The van der Waals surface area contributed by atoms with Crippen LogP contribution in [0.4, 0.5) is 0 Å². The molecular weight excluding hydrogens is 354 g/mol. The van der Waals surface area contributed by atoms with Crippen LogP contribution in [-0.2, 0) is 9.59 Å². The molecule has 2 rings (SSSR count). The van der Waals surface area contributed by atoms with Crippen molar-refractivity contribution in [3.63, 3.8) is 0 Å². The number of aromatic hydroxyl groups is 1. The molecule has 1 fully saturated rings. The normalized spacial score (nSPS) is 17.8. The zero-order valence-electron chi connectivity index (χ0n) is 12.3. The molecular formula is C15H15NO4S3. The van der Waals surface area contributed by atoms with Gasteiger partial charge in [0.2, 0.25) is 0 Å². The first kappa shape index (κ1) is 17.8. The van der Waals surface area contributed by atoms with E-state index in [0.717, 1.165) is 17.3 Å². The third-order valence-corrected chi connectivity index (χ3v) is 5.18. The van der Waals surface area contributed by atoms with Crippen molar-refractivity contribution in [2.24, 2.45) is 0 Å². The zero-order valence-corrected chi connectivity index (χ0v) is 14.7. The van der Waals surface area contributed by atoms with E-state index in [2.05, 4.69) is 0 Å². The van der Waals surface area contributed by atoms with Crippen LogP contribution < -0.4 is 0 Å². The summed E-state index contributed by atoms with van der Waals surface area (Å²) >= 11 is 7.81. The summed E-state index contributed by atoms with van der Waals surface area (Å²) in [5.41, 5.74) is 0.735. The van der Waals surface area contributed by atoms with Crippen molar-refractivity contribution in [2.75, 3.05) is 12.0 Å². The van der Waals surface area contributed by atoms with Gasteiger partial charge in [0.1, 0.15) is 16.1 Å². The van der Waals surface area contributed by atoms with E-state index in [1.54, 1.807) is 18.2 Å². The highest BCUT2D eigenvalue weighted by Crippen LogP contribution is 2.35. The Morgan fingerprint density at radius 3 is 2.65 bits per heavy atom. The fourth-order valence-corrected chi connectivity index (χ4v) is 3.88. The van der Waals surface area contributed by atoms with E-state index in [0.29, 0.717) is 17.1 Å². The van der Waals surface area contributed by atoms with Crippen molar-refractivity contribution in [1.82, 2.24) is 4.90 Å². The van der Waals surface area contributed by atoms with Gasteiger partial charge in [-0.05, 0) is 42.2 Å². The van der Waals surface area contributed by atoms with Crippen molar-refractivity contribution in [2.45, 2.75) is 12.5 Å². The van der Waals surface area contributed by atoms with Crippen molar-refractivity contribution in [3.05, 3.63) is 34.7 Å². The van der Waals surface area contributed by atoms with Gasteiger partial charge in [0, 0.05) is 0 Å². The minimum absolute atomic E-state index is 0.137. The van der Waals surface area contributed by atoms with Gasteiger partial charge in [-0.1, -0.05) is 36.1 Å². The highest BCUT2D eigenvalue weighted by Gasteiger charge is 2.40. The largest absolute Gasteiger partial charge is 0.508 e. The maximum absolute atomic E-state index is 12.5. The molecule has 0 radical (unpaired) electrons. The van der Waals surface area contributed by atoms with Crippen LogP contribution in [-0.4, -0.2) is 49.4 Å². The highest BCUT2D eigenvalue weighted by atomic mass is 32.2. The Kier molecular flexibility index (Phi) is 6.09. The summed E-state index contributed by atoms with van der Waals surface area (Å²) in [4.78, 5) is 25.6. The lowest BCUT2D eigenvalue weighted by molar-refractivity contribution is -0.145. The Hall–Kier alpha value is -1.51. The predicted octanol–water partition coefficient (Wildman–Crippen LogP) is 2.80. The number of phenolic OH excluding ortho intramolecular Hbond substituents is 1. The van der Waals surface area contributed by atoms with Crippen LogP contribution in [0.5, 0.6) is 5.75 Å². The lowest BCUT2D eigenvalue weighted by Gasteiger charge is -2.22. The molecule has 1 amide bonds. The fraction of sp³-hybridized carbons (Fsp3) is 0.267. The molecule has 1 aromatic rings. The summed E-state index contributed by atoms with van der Waals surface area (Å²) < 4.78 is 0.258. The summed E-state index contributed by atoms with van der Waals surface area (Å²) in [5, 5.41) is 18.7. The molecule has 2 N–H and O–H groups in total. The Morgan fingerprint density at radius 2 is 2.09 bits per heavy atom. The number of hydrogen-bond donors (Lipinski definition) is 2. The van der Waals surface area contributed by atoms with Crippen LogP contribution in [0, 0.1) is 0 Å². The number of hydrogen-bond acceptors (Lipinski definition) is 6. The Labute approximate surface area is 147 Å².